The van der Waals surface area contributed by atoms with E-state index in [1.165, 1.54) is 18.4 Å². The molecular weight excluding hydrogens is 362 g/mol. The van der Waals surface area contributed by atoms with Crippen LogP contribution >= 0.6 is 0 Å². The highest BCUT2D eigenvalue weighted by molar-refractivity contribution is 6.07. The molecule has 2 aromatic heterocycles. The zero-order chi connectivity index (χ0) is 19.8. The maximum absolute atomic E-state index is 12.8. The summed E-state index contributed by atoms with van der Waals surface area (Å²) in [6, 6.07) is 9.14. The molecule has 3 aromatic rings. The minimum Gasteiger partial charge on any atom is -0.341 e. The molecule has 0 saturated heterocycles. The lowest BCUT2D eigenvalue weighted by molar-refractivity contribution is -0.120. The van der Waals surface area contributed by atoms with Crippen molar-refractivity contribution in [3.8, 4) is 11.1 Å². The molecule has 0 bridgehead atoms. The van der Waals surface area contributed by atoms with Crippen LogP contribution in [0, 0.1) is 6.92 Å². The number of benzene rings is 1. The monoisotopic (exact) mass is 387 g/mol. The number of carbonyl (C=O) groups excluding carboxylic acids is 1. The number of nitrogens with zero attached hydrogens (tertiary/aromatic N) is 4. The summed E-state index contributed by atoms with van der Waals surface area (Å²) in [4.78, 5) is 15.0. The van der Waals surface area contributed by atoms with Gasteiger partial charge in [0.05, 0.1) is 5.41 Å². The number of pyridine rings is 1. The van der Waals surface area contributed by atoms with E-state index in [-0.39, 0.29) is 11.3 Å². The topological polar surface area (TPSA) is 62.5 Å². The first-order valence-electron chi connectivity index (χ1n) is 10.6. The number of carbonyl (C=O) groups is 1. The van der Waals surface area contributed by atoms with Crippen molar-refractivity contribution < 1.29 is 4.79 Å². The largest absolute Gasteiger partial charge is 0.341 e. The van der Waals surface area contributed by atoms with Crippen molar-refractivity contribution in [1.82, 2.24) is 14.6 Å². The standard InChI is InChI=1S/C23H25N5O/c1-14-9-12-28-20(25-26-22(28)27(2)16-6-7-16)19(14)15-5-8-17-18(13-15)24-21(29)23(17)10-3-4-11-23/h5,8-9,12-13,16H,3-4,6-7,10-11H2,1-2H3,(H,24,29). The lowest BCUT2D eigenvalue weighted by atomic mass is 9.79. The lowest BCUT2D eigenvalue weighted by Gasteiger charge is -2.20. The molecule has 0 unspecified atom stereocenters. The number of aryl methyl sites for hydroxylation is 1. The summed E-state index contributed by atoms with van der Waals surface area (Å²) in [5, 5.41) is 12.2. The van der Waals surface area contributed by atoms with Gasteiger partial charge in [-0.2, -0.15) is 0 Å². The summed E-state index contributed by atoms with van der Waals surface area (Å²) in [7, 11) is 2.10. The van der Waals surface area contributed by atoms with Crippen LogP contribution < -0.4 is 10.2 Å². The van der Waals surface area contributed by atoms with Crippen molar-refractivity contribution in [3.63, 3.8) is 0 Å². The number of hydrogen-bond donors (Lipinski definition) is 1. The molecule has 1 amide bonds. The molecule has 1 aliphatic heterocycles. The van der Waals surface area contributed by atoms with E-state index in [4.69, 9.17) is 0 Å². The fourth-order valence-electron chi connectivity index (χ4n) is 5.32. The summed E-state index contributed by atoms with van der Waals surface area (Å²) in [6.45, 7) is 2.11. The Labute approximate surface area is 169 Å². The molecule has 2 aliphatic carbocycles. The number of hydrogen-bond acceptors (Lipinski definition) is 4. The SMILES string of the molecule is Cc1ccn2c(N(C)C3CC3)nnc2c1-c1ccc2c(c1)NC(=O)C21CCCC1. The fourth-order valence-corrected chi connectivity index (χ4v) is 5.32. The lowest BCUT2D eigenvalue weighted by Crippen LogP contribution is -2.30. The smallest absolute Gasteiger partial charge is 0.235 e. The normalized spacial score (nSPS) is 19.7. The molecule has 2 fully saturated rings. The molecule has 2 saturated carbocycles. The highest BCUT2D eigenvalue weighted by atomic mass is 16.2. The van der Waals surface area contributed by atoms with Gasteiger partial charge >= 0.3 is 0 Å². The molecule has 1 spiro atoms. The fraction of sp³-hybridized carbons (Fsp3) is 0.435. The van der Waals surface area contributed by atoms with E-state index >= 15 is 0 Å². The summed E-state index contributed by atoms with van der Waals surface area (Å²) in [5.41, 5.74) is 6.02. The first-order chi connectivity index (χ1) is 14.1. The molecule has 3 heterocycles. The number of fused-ring (bicyclic) bond motifs is 3. The first kappa shape index (κ1) is 17.0. The summed E-state index contributed by atoms with van der Waals surface area (Å²) < 4.78 is 2.09. The molecule has 3 aliphatic rings. The minimum absolute atomic E-state index is 0.174. The molecule has 0 atom stereocenters. The van der Waals surface area contributed by atoms with Gasteiger partial charge < -0.3 is 10.2 Å². The van der Waals surface area contributed by atoms with Crippen LogP contribution in [0.4, 0.5) is 11.6 Å². The predicted molar refractivity (Wildman–Crippen MR) is 113 cm³/mol. The number of amides is 1. The Morgan fingerprint density at radius 1 is 1.17 bits per heavy atom. The van der Waals surface area contributed by atoms with E-state index in [9.17, 15) is 4.79 Å². The summed E-state index contributed by atoms with van der Waals surface area (Å²) >= 11 is 0. The maximum Gasteiger partial charge on any atom is 0.235 e. The van der Waals surface area contributed by atoms with E-state index in [1.807, 2.05) is 0 Å². The van der Waals surface area contributed by atoms with E-state index < -0.39 is 0 Å². The number of aromatic nitrogens is 3. The van der Waals surface area contributed by atoms with Gasteiger partial charge in [0.1, 0.15) is 0 Å². The van der Waals surface area contributed by atoms with E-state index in [1.54, 1.807) is 0 Å². The molecule has 6 heteroatoms. The van der Waals surface area contributed by atoms with Crippen LogP contribution in [0.5, 0.6) is 0 Å². The third-order valence-electron chi connectivity index (χ3n) is 7.14. The quantitative estimate of drug-likeness (QED) is 0.736. The molecular formula is C23H25N5O. The summed E-state index contributed by atoms with van der Waals surface area (Å²) in [6.07, 6.45) is 8.67. The van der Waals surface area contributed by atoms with Gasteiger partial charge in [0.2, 0.25) is 11.9 Å². The van der Waals surface area contributed by atoms with Crippen LogP contribution in [-0.2, 0) is 10.2 Å². The number of rotatable bonds is 3. The highest BCUT2D eigenvalue weighted by Gasteiger charge is 2.48. The third kappa shape index (κ3) is 2.32. The molecule has 0 radical (unpaired) electrons. The Bertz CT molecular complexity index is 1150. The Morgan fingerprint density at radius 3 is 2.72 bits per heavy atom. The van der Waals surface area contributed by atoms with Crippen LogP contribution in [0.1, 0.15) is 49.7 Å². The van der Waals surface area contributed by atoms with Crippen LogP contribution in [0.15, 0.2) is 30.5 Å². The van der Waals surface area contributed by atoms with Crippen LogP contribution in [0.3, 0.4) is 0 Å². The average Bonchev–Trinajstić information content (AvgIpc) is 3.19. The van der Waals surface area contributed by atoms with Crippen molar-refractivity contribution in [2.45, 2.75) is 56.9 Å². The van der Waals surface area contributed by atoms with Gasteiger partial charge in [0, 0.05) is 30.5 Å². The Morgan fingerprint density at radius 2 is 1.97 bits per heavy atom. The van der Waals surface area contributed by atoms with Crippen molar-refractivity contribution in [2.75, 3.05) is 17.3 Å². The molecule has 1 aromatic carbocycles. The molecule has 6 rings (SSSR count). The minimum atomic E-state index is -0.302. The van der Waals surface area contributed by atoms with E-state index in [2.05, 4.69) is 69.2 Å². The second-order valence-corrected chi connectivity index (χ2v) is 8.91. The van der Waals surface area contributed by atoms with Gasteiger partial charge in [0.25, 0.3) is 0 Å². The number of anilines is 2. The molecule has 6 nitrogen and oxygen atoms in total. The van der Waals surface area contributed by atoms with Gasteiger partial charge in [-0.1, -0.05) is 25.0 Å². The molecule has 1 N–H and O–H groups in total. The number of nitrogens with one attached hydrogen (secondary N) is 1. The van der Waals surface area contributed by atoms with Gasteiger partial charge in [0.15, 0.2) is 5.65 Å². The van der Waals surface area contributed by atoms with Crippen molar-refractivity contribution >= 4 is 23.2 Å². The van der Waals surface area contributed by atoms with E-state index in [0.717, 1.165) is 59.7 Å². The Balaban J connectivity index is 1.48. The van der Waals surface area contributed by atoms with Crippen molar-refractivity contribution in [1.29, 1.82) is 0 Å². The predicted octanol–water partition coefficient (Wildman–Crippen LogP) is 4.07. The van der Waals surface area contributed by atoms with Gasteiger partial charge in [-0.05, 0) is 61.4 Å². The zero-order valence-electron chi connectivity index (χ0n) is 16.9. The van der Waals surface area contributed by atoms with Crippen molar-refractivity contribution in [2.24, 2.45) is 0 Å². The highest BCUT2D eigenvalue weighted by Crippen LogP contribution is 2.49. The average molecular weight is 387 g/mol. The molecule has 29 heavy (non-hydrogen) atoms. The third-order valence-corrected chi connectivity index (χ3v) is 7.14. The zero-order valence-corrected chi connectivity index (χ0v) is 16.9. The van der Waals surface area contributed by atoms with Crippen LogP contribution in [-0.4, -0.2) is 33.6 Å². The maximum atomic E-state index is 12.8. The van der Waals surface area contributed by atoms with E-state index in [0.29, 0.717) is 6.04 Å². The Hall–Kier alpha value is -2.89. The van der Waals surface area contributed by atoms with Crippen LogP contribution in [0.2, 0.25) is 0 Å². The summed E-state index contributed by atoms with van der Waals surface area (Å²) in [5.74, 6) is 1.07. The Kier molecular flexibility index (Phi) is 3.41. The van der Waals surface area contributed by atoms with Gasteiger partial charge in [-0.15, -0.1) is 10.2 Å². The van der Waals surface area contributed by atoms with Gasteiger partial charge in [-0.25, -0.2) is 0 Å². The molecule has 148 valence electrons. The van der Waals surface area contributed by atoms with Crippen molar-refractivity contribution in [3.05, 3.63) is 41.6 Å². The van der Waals surface area contributed by atoms with Crippen LogP contribution in [0.25, 0.3) is 16.8 Å². The second kappa shape index (κ2) is 5.81. The first-order valence-corrected chi connectivity index (χ1v) is 10.6. The van der Waals surface area contributed by atoms with Gasteiger partial charge in [-0.3, -0.25) is 9.20 Å². The second-order valence-electron chi connectivity index (χ2n) is 8.91.